The van der Waals surface area contributed by atoms with Crippen molar-refractivity contribution in [1.82, 2.24) is 24.6 Å². The number of aromatic nitrogens is 4. The molecule has 0 spiro atoms. The Hall–Kier alpha value is -2.11. The van der Waals surface area contributed by atoms with Crippen LogP contribution in [0, 0.1) is 0 Å². The van der Waals surface area contributed by atoms with Gasteiger partial charge in [0.25, 0.3) is 0 Å². The van der Waals surface area contributed by atoms with Gasteiger partial charge in [0.2, 0.25) is 5.91 Å². The Morgan fingerprint density at radius 2 is 2.35 bits per heavy atom. The average molecular weight is 273 g/mol. The Morgan fingerprint density at radius 3 is 3.20 bits per heavy atom. The Bertz CT molecular complexity index is 560. The van der Waals surface area contributed by atoms with Crippen molar-refractivity contribution in [3.05, 3.63) is 36.7 Å². The minimum Gasteiger partial charge on any atom is -0.352 e. The second kappa shape index (κ2) is 5.90. The minimum atomic E-state index is 0.130. The van der Waals surface area contributed by atoms with Crippen LogP contribution in [0.2, 0.25) is 0 Å². The predicted molar refractivity (Wildman–Crippen MR) is 73.9 cm³/mol. The van der Waals surface area contributed by atoms with Crippen LogP contribution in [-0.4, -0.2) is 31.3 Å². The zero-order valence-electron chi connectivity index (χ0n) is 11.4. The van der Waals surface area contributed by atoms with Gasteiger partial charge in [-0.2, -0.15) is 5.10 Å². The van der Waals surface area contributed by atoms with Gasteiger partial charge >= 0.3 is 0 Å². The fraction of sp³-hybridized carbons (Fsp3) is 0.500. The quantitative estimate of drug-likeness (QED) is 0.883. The third-order valence-corrected chi connectivity index (χ3v) is 3.65. The van der Waals surface area contributed by atoms with Crippen LogP contribution in [0.1, 0.15) is 25.1 Å². The molecule has 0 aliphatic carbocycles. The molecule has 0 bridgehead atoms. The summed E-state index contributed by atoms with van der Waals surface area (Å²) in [5.74, 6) is 1.25. The maximum Gasteiger partial charge on any atom is 0.220 e. The summed E-state index contributed by atoms with van der Waals surface area (Å²) < 4.78 is 3.98. The average Bonchev–Trinajstić information content (AvgIpc) is 3.08. The molecule has 3 heterocycles. The molecule has 2 aromatic heterocycles. The second-order valence-corrected chi connectivity index (χ2v) is 5.17. The largest absolute Gasteiger partial charge is 0.352 e. The van der Waals surface area contributed by atoms with E-state index < -0.39 is 0 Å². The van der Waals surface area contributed by atoms with E-state index in [-0.39, 0.29) is 11.9 Å². The molecule has 0 saturated heterocycles. The van der Waals surface area contributed by atoms with Crippen molar-refractivity contribution in [3.8, 4) is 0 Å². The fourth-order valence-electron chi connectivity index (χ4n) is 2.62. The first-order valence-electron chi connectivity index (χ1n) is 7.08. The molecule has 0 fully saturated rings. The number of imidazole rings is 1. The zero-order chi connectivity index (χ0) is 13.8. The molecule has 1 unspecified atom stereocenters. The molecule has 1 aliphatic rings. The van der Waals surface area contributed by atoms with Crippen LogP contribution in [0.25, 0.3) is 0 Å². The topological polar surface area (TPSA) is 64.7 Å². The Morgan fingerprint density at radius 1 is 1.40 bits per heavy atom. The van der Waals surface area contributed by atoms with Gasteiger partial charge in [0, 0.05) is 56.8 Å². The van der Waals surface area contributed by atoms with Gasteiger partial charge in [0.15, 0.2) is 0 Å². The van der Waals surface area contributed by atoms with E-state index in [9.17, 15) is 4.79 Å². The van der Waals surface area contributed by atoms with Crippen LogP contribution < -0.4 is 5.32 Å². The van der Waals surface area contributed by atoms with Crippen molar-refractivity contribution < 1.29 is 4.79 Å². The molecular formula is C14H19N5O. The van der Waals surface area contributed by atoms with Gasteiger partial charge in [-0.1, -0.05) is 0 Å². The minimum absolute atomic E-state index is 0.130. The summed E-state index contributed by atoms with van der Waals surface area (Å²) in [6.45, 7) is 1.62. The molecule has 2 aromatic rings. The van der Waals surface area contributed by atoms with E-state index in [1.807, 2.05) is 29.3 Å². The van der Waals surface area contributed by atoms with Crippen molar-refractivity contribution in [2.45, 2.75) is 44.8 Å². The van der Waals surface area contributed by atoms with Gasteiger partial charge in [-0.05, 0) is 18.9 Å². The van der Waals surface area contributed by atoms with Gasteiger partial charge in [-0.25, -0.2) is 4.98 Å². The van der Waals surface area contributed by atoms with Gasteiger partial charge in [0.1, 0.15) is 5.82 Å². The van der Waals surface area contributed by atoms with E-state index in [1.54, 1.807) is 6.20 Å². The smallest absolute Gasteiger partial charge is 0.220 e. The number of amides is 1. The standard InChI is InChI=1S/C14H19N5O/c20-14(3-1-8-19-9-2-6-16-19)17-12-4-5-13-15-7-10-18(13)11-12/h2,6-7,9-10,12H,1,3-5,8,11H2,(H,17,20). The summed E-state index contributed by atoms with van der Waals surface area (Å²) in [4.78, 5) is 16.2. The molecule has 0 radical (unpaired) electrons. The van der Waals surface area contributed by atoms with Crippen LogP contribution >= 0.6 is 0 Å². The maximum atomic E-state index is 11.9. The summed E-state index contributed by atoms with van der Waals surface area (Å²) in [5.41, 5.74) is 0. The van der Waals surface area contributed by atoms with Crippen LogP contribution in [-0.2, 0) is 24.3 Å². The number of rotatable bonds is 5. The van der Waals surface area contributed by atoms with Gasteiger partial charge in [0.05, 0.1) is 0 Å². The molecule has 106 valence electrons. The van der Waals surface area contributed by atoms with Crippen LogP contribution in [0.5, 0.6) is 0 Å². The van der Waals surface area contributed by atoms with Gasteiger partial charge in [-0.15, -0.1) is 0 Å². The van der Waals surface area contributed by atoms with Crippen molar-refractivity contribution in [1.29, 1.82) is 0 Å². The highest BCUT2D eigenvalue weighted by molar-refractivity contribution is 5.76. The lowest BCUT2D eigenvalue weighted by Gasteiger charge is -2.24. The van der Waals surface area contributed by atoms with E-state index in [2.05, 4.69) is 20.0 Å². The second-order valence-electron chi connectivity index (χ2n) is 5.17. The lowest BCUT2D eigenvalue weighted by molar-refractivity contribution is -0.122. The van der Waals surface area contributed by atoms with Crippen LogP contribution in [0.3, 0.4) is 0 Å². The Labute approximate surface area is 117 Å². The molecule has 0 aromatic carbocycles. The Kier molecular flexibility index (Phi) is 3.80. The van der Waals surface area contributed by atoms with E-state index in [0.717, 1.165) is 38.2 Å². The summed E-state index contributed by atoms with van der Waals surface area (Å²) in [6.07, 6.45) is 10.7. The Balaban J connectivity index is 1.41. The SMILES string of the molecule is O=C(CCCn1cccn1)NC1CCc2nccn2C1. The molecular weight excluding hydrogens is 254 g/mol. The first-order valence-corrected chi connectivity index (χ1v) is 7.08. The number of aryl methyl sites for hydroxylation is 2. The fourth-order valence-corrected chi connectivity index (χ4v) is 2.62. The van der Waals surface area contributed by atoms with Crippen molar-refractivity contribution in [2.24, 2.45) is 0 Å². The summed E-state index contributed by atoms with van der Waals surface area (Å²) >= 11 is 0. The first-order chi connectivity index (χ1) is 9.81. The van der Waals surface area contributed by atoms with E-state index in [0.29, 0.717) is 6.42 Å². The molecule has 6 heteroatoms. The van der Waals surface area contributed by atoms with Crippen LogP contribution in [0.15, 0.2) is 30.9 Å². The highest BCUT2D eigenvalue weighted by Gasteiger charge is 2.19. The van der Waals surface area contributed by atoms with E-state index in [1.165, 1.54) is 0 Å². The van der Waals surface area contributed by atoms with E-state index >= 15 is 0 Å². The number of carbonyl (C=O) groups excluding carboxylic acids is 1. The molecule has 6 nitrogen and oxygen atoms in total. The molecule has 1 atom stereocenters. The molecule has 1 N–H and O–H groups in total. The molecule has 3 rings (SSSR count). The predicted octanol–water partition coefficient (Wildman–Crippen LogP) is 0.991. The van der Waals surface area contributed by atoms with E-state index in [4.69, 9.17) is 0 Å². The zero-order valence-corrected chi connectivity index (χ0v) is 11.4. The lowest BCUT2D eigenvalue weighted by Crippen LogP contribution is -2.40. The van der Waals surface area contributed by atoms with Gasteiger partial charge < -0.3 is 9.88 Å². The third-order valence-electron chi connectivity index (χ3n) is 3.65. The number of fused-ring (bicyclic) bond motifs is 1. The molecule has 1 amide bonds. The normalized spacial score (nSPS) is 17.7. The number of nitrogens with one attached hydrogen (secondary N) is 1. The highest BCUT2D eigenvalue weighted by Crippen LogP contribution is 2.13. The summed E-state index contributed by atoms with van der Waals surface area (Å²) in [6, 6.07) is 2.12. The van der Waals surface area contributed by atoms with Crippen LogP contribution in [0.4, 0.5) is 0 Å². The van der Waals surface area contributed by atoms with Crippen molar-refractivity contribution in [2.75, 3.05) is 0 Å². The maximum absolute atomic E-state index is 11.9. The number of hydrogen-bond acceptors (Lipinski definition) is 3. The monoisotopic (exact) mass is 273 g/mol. The number of hydrogen-bond donors (Lipinski definition) is 1. The molecule has 1 aliphatic heterocycles. The van der Waals surface area contributed by atoms with Gasteiger partial charge in [-0.3, -0.25) is 9.48 Å². The van der Waals surface area contributed by atoms with Crippen molar-refractivity contribution in [3.63, 3.8) is 0 Å². The number of carbonyl (C=O) groups is 1. The molecule has 20 heavy (non-hydrogen) atoms. The summed E-state index contributed by atoms with van der Waals surface area (Å²) in [5, 5.41) is 7.23. The van der Waals surface area contributed by atoms with Crippen molar-refractivity contribution >= 4 is 5.91 Å². The first kappa shape index (κ1) is 12.9. The number of nitrogens with zero attached hydrogens (tertiary/aromatic N) is 4. The molecule has 0 saturated carbocycles. The highest BCUT2D eigenvalue weighted by atomic mass is 16.1. The third kappa shape index (κ3) is 3.07. The lowest BCUT2D eigenvalue weighted by atomic mass is 10.1. The summed E-state index contributed by atoms with van der Waals surface area (Å²) in [7, 11) is 0.